The molecule has 0 aliphatic heterocycles. The number of rotatable bonds is 4. The fourth-order valence-electron chi connectivity index (χ4n) is 1.80. The molecule has 0 aliphatic carbocycles. The maximum atomic E-state index is 11.4. The normalized spacial score (nSPS) is 10.6. The van der Waals surface area contributed by atoms with Gasteiger partial charge in [0, 0.05) is 18.9 Å². The summed E-state index contributed by atoms with van der Waals surface area (Å²) < 4.78 is 5.15. The van der Waals surface area contributed by atoms with Gasteiger partial charge in [0.15, 0.2) is 5.69 Å². The molecule has 0 unspecified atom stereocenters. The van der Waals surface area contributed by atoms with Crippen LogP contribution in [0.25, 0.3) is 23.0 Å². The molecule has 0 aliphatic rings. The molecule has 0 fully saturated rings. The topological polar surface area (TPSA) is 147 Å². The van der Waals surface area contributed by atoms with Crippen LogP contribution in [0.4, 0.5) is 0 Å². The Morgan fingerprint density at radius 3 is 2.82 bits per heavy atom. The Morgan fingerprint density at radius 1 is 1.27 bits per heavy atom. The van der Waals surface area contributed by atoms with Crippen molar-refractivity contribution >= 4 is 5.91 Å². The third kappa shape index (κ3) is 2.52. The van der Waals surface area contributed by atoms with E-state index in [1.54, 1.807) is 24.5 Å². The molecule has 1 amide bonds. The number of hydrogen-bond donors (Lipinski definition) is 2. The highest BCUT2D eigenvalue weighted by Crippen LogP contribution is 2.20. The number of nitrogens with two attached hydrogens (primary N) is 2. The summed E-state index contributed by atoms with van der Waals surface area (Å²) in [7, 11) is 0. The molecule has 9 heteroatoms. The molecule has 0 aromatic carbocycles. The first kappa shape index (κ1) is 13.8. The van der Waals surface area contributed by atoms with E-state index in [9.17, 15) is 4.79 Å². The minimum atomic E-state index is -0.717. The van der Waals surface area contributed by atoms with Crippen molar-refractivity contribution in [2.45, 2.75) is 6.54 Å². The van der Waals surface area contributed by atoms with Crippen molar-refractivity contribution in [3.05, 3.63) is 42.1 Å². The molecule has 110 valence electrons. The lowest BCUT2D eigenvalue weighted by Gasteiger charge is -2.03. The van der Waals surface area contributed by atoms with Crippen LogP contribution in [0.5, 0.6) is 0 Å². The smallest absolute Gasteiger partial charge is 0.269 e. The Labute approximate surface area is 124 Å². The zero-order valence-electron chi connectivity index (χ0n) is 11.3. The summed E-state index contributed by atoms with van der Waals surface area (Å²) in [4.78, 5) is 27.7. The molecular weight excluding hydrogens is 286 g/mol. The molecule has 3 aromatic rings. The molecule has 0 saturated carbocycles. The number of carbonyl (C=O) groups excluding carboxylic acids is 1. The molecule has 0 saturated heterocycles. The van der Waals surface area contributed by atoms with Crippen LogP contribution in [0.3, 0.4) is 0 Å². The molecule has 3 aromatic heterocycles. The number of primary amides is 1. The minimum absolute atomic E-state index is 0.00673. The van der Waals surface area contributed by atoms with Crippen molar-refractivity contribution in [2.24, 2.45) is 11.5 Å². The average molecular weight is 297 g/mol. The molecule has 0 radical (unpaired) electrons. The zero-order valence-corrected chi connectivity index (χ0v) is 11.3. The standard InChI is InChI=1S/C13H11N7O2/c14-4-8-10(11(15)21)18-9(6-17-8)12-19-13(22-20-12)7-2-1-3-16-5-7/h1-3,5-6H,4,14H2,(H2,15,21). The Hall–Kier alpha value is -3.20. The zero-order chi connectivity index (χ0) is 15.5. The van der Waals surface area contributed by atoms with Gasteiger partial charge in [0.05, 0.1) is 17.5 Å². The molecule has 0 bridgehead atoms. The molecule has 0 atom stereocenters. The van der Waals surface area contributed by atoms with Crippen LogP contribution in [-0.2, 0) is 6.54 Å². The predicted octanol–water partition coefficient (Wildman–Crippen LogP) is 0.146. The molecule has 4 N–H and O–H groups in total. The molecule has 3 rings (SSSR count). The molecular formula is C13H11N7O2. The second-order valence-corrected chi connectivity index (χ2v) is 4.28. The maximum Gasteiger partial charge on any atom is 0.269 e. The Balaban J connectivity index is 2.00. The van der Waals surface area contributed by atoms with Crippen molar-refractivity contribution in [2.75, 3.05) is 0 Å². The van der Waals surface area contributed by atoms with E-state index >= 15 is 0 Å². The van der Waals surface area contributed by atoms with Crippen LogP contribution in [0, 0.1) is 0 Å². The van der Waals surface area contributed by atoms with Gasteiger partial charge in [-0.15, -0.1) is 0 Å². The summed E-state index contributed by atoms with van der Waals surface area (Å²) in [6, 6.07) is 3.53. The highest BCUT2D eigenvalue weighted by molar-refractivity contribution is 5.92. The average Bonchev–Trinajstić information content (AvgIpc) is 3.05. The summed E-state index contributed by atoms with van der Waals surface area (Å²) in [5, 5.41) is 3.82. The van der Waals surface area contributed by atoms with E-state index in [-0.39, 0.29) is 29.6 Å². The van der Waals surface area contributed by atoms with Crippen molar-refractivity contribution in [3.8, 4) is 23.0 Å². The van der Waals surface area contributed by atoms with Crippen LogP contribution in [0.1, 0.15) is 16.2 Å². The first-order valence-corrected chi connectivity index (χ1v) is 6.29. The number of nitrogens with zero attached hydrogens (tertiary/aromatic N) is 5. The minimum Gasteiger partial charge on any atom is -0.364 e. The van der Waals surface area contributed by atoms with E-state index in [1.165, 1.54) is 6.20 Å². The number of carbonyl (C=O) groups is 1. The van der Waals surface area contributed by atoms with Gasteiger partial charge >= 0.3 is 0 Å². The Kier molecular flexibility index (Phi) is 3.54. The van der Waals surface area contributed by atoms with Crippen molar-refractivity contribution in [3.63, 3.8) is 0 Å². The van der Waals surface area contributed by atoms with Gasteiger partial charge in [-0.05, 0) is 12.1 Å². The fraction of sp³-hybridized carbons (Fsp3) is 0.0769. The van der Waals surface area contributed by atoms with Gasteiger partial charge in [0.2, 0.25) is 5.82 Å². The Bertz CT molecular complexity index is 816. The third-order valence-corrected chi connectivity index (χ3v) is 2.84. The van der Waals surface area contributed by atoms with E-state index < -0.39 is 5.91 Å². The van der Waals surface area contributed by atoms with Gasteiger partial charge in [0.25, 0.3) is 11.8 Å². The second-order valence-electron chi connectivity index (χ2n) is 4.28. The van der Waals surface area contributed by atoms with Crippen LogP contribution in [0.2, 0.25) is 0 Å². The van der Waals surface area contributed by atoms with Gasteiger partial charge in [-0.1, -0.05) is 5.16 Å². The quantitative estimate of drug-likeness (QED) is 0.691. The summed E-state index contributed by atoms with van der Waals surface area (Å²) in [5.74, 6) is -0.239. The third-order valence-electron chi connectivity index (χ3n) is 2.84. The predicted molar refractivity (Wildman–Crippen MR) is 75.0 cm³/mol. The van der Waals surface area contributed by atoms with Crippen molar-refractivity contribution in [1.29, 1.82) is 0 Å². The highest BCUT2D eigenvalue weighted by Gasteiger charge is 2.16. The van der Waals surface area contributed by atoms with Crippen LogP contribution in [0.15, 0.2) is 35.2 Å². The monoisotopic (exact) mass is 297 g/mol. The molecule has 3 heterocycles. The number of aromatic nitrogens is 5. The molecule has 0 spiro atoms. The van der Waals surface area contributed by atoms with E-state index in [1.807, 2.05) is 0 Å². The first-order valence-electron chi connectivity index (χ1n) is 6.29. The number of hydrogen-bond acceptors (Lipinski definition) is 8. The first-order chi connectivity index (χ1) is 10.7. The van der Waals surface area contributed by atoms with Crippen molar-refractivity contribution in [1.82, 2.24) is 25.1 Å². The van der Waals surface area contributed by atoms with E-state index in [2.05, 4.69) is 25.1 Å². The number of pyridine rings is 1. The lowest BCUT2D eigenvalue weighted by atomic mass is 10.2. The summed E-state index contributed by atoms with van der Waals surface area (Å²) in [6.45, 7) is 0.0543. The maximum absolute atomic E-state index is 11.4. The molecule has 9 nitrogen and oxygen atoms in total. The van der Waals surface area contributed by atoms with Gasteiger partial charge in [-0.2, -0.15) is 4.98 Å². The fourth-order valence-corrected chi connectivity index (χ4v) is 1.80. The van der Waals surface area contributed by atoms with Crippen LogP contribution < -0.4 is 11.5 Å². The van der Waals surface area contributed by atoms with E-state index in [0.717, 1.165) is 0 Å². The van der Waals surface area contributed by atoms with E-state index in [4.69, 9.17) is 16.0 Å². The van der Waals surface area contributed by atoms with Gasteiger partial charge in [-0.25, -0.2) is 4.98 Å². The second kappa shape index (κ2) is 5.66. The van der Waals surface area contributed by atoms with Gasteiger partial charge in [-0.3, -0.25) is 14.8 Å². The van der Waals surface area contributed by atoms with Gasteiger partial charge in [0.1, 0.15) is 5.69 Å². The summed E-state index contributed by atoms with van der Waals surface area (Å²) in [5.41, 5.74) is 12.0. The largest absolute Gasteiger partial charge is 0.364 e. The highest BCUT2D eigenvalue weighted by atomic mass is 16.5. The lowest BCUT2D eigenvalue weighted by Crippen LogP contribution is -2.19. The van der Waals surface area contributed by atoms with Gasteiger partial charge < -0.3 is 16.0 Å². The number of amides is 1. The van der Waals surface area contributed by atoms with Crippen molar-refractivity contribution < 1.29 is 9.32 Å². The van der Waals surface area contributed by atoms with Crippen LogP contribution >= 0.6 is 0 Å². The van der Waals surface area contributed by atoms with E-state index in [0.29, 0.717) is 11.3 Å². The summed E-state index contributed by atoms with van der Waals surface area (Å²) >= 11 is 0. The summed E-state index contributed by atoms with van der Waals surface area (Å²) in [6.07, 6.45) is 4.64. The van der Waals surface area contributed by atoms with Crippen LogP contribution in [-0.4, -0.2) is 31.0 Å². The Morgan fingerprint density at radius 2 is 2.14 bits per heavy atom. The molecule has 22 heavy (non-hydrogen) atoms. The SMILES string of the molecule is NCc1ncc(-c2noc(-c3cccnc3)n2)nc1C(N)=O. The lowest BCUT2D eigenvalue weighted by molar-refractivity contribution is 0.0994.